The number of benzene rings is 1. The maximum Gasteiger partial charge on any atom is 0.231 e. The van der Waals surface area contributed by atoms with Gasteiger partial charge in [0.1, 0.15) is 5.01 Å². The summed E-state index contributed by atoms with van der Waals surface area (Å²) in [6.45, 7) is 1.04. The molecule has 2 saturated heterocycles. The quantitative estimate of drug-likeness (QED) is 0.750. The molecule has 0 bridgehead atoms. The van der Waals surface area contributed by atoms with Crippen molar-refractivity contribution in [2.45, 2.75) is 56.9 Å². The van der Waals surface area contributed by atoms with Gasteiger partial charge in [-0.25, -0.2) is 0 Å². The number of anilines is 2. The molecule has 3 heterocycles. The Labute approximate surface area is 191 Å². The van der Waals surface area contributed by atoms with Crippen LogP contribution in [0.1, 0.15) is 55.9 Å². The van der Waals surface area contributed by atoms with E-state index in [2.05, 4.69) is 15.5 Å². The normalized spacial score (nSPS) is 24.4. The fourth-order valence-corrected chi connectivity index (χ4v) is 5.88. The second-order valence-electron chi connectivity index (χ2n) is 8.91. The number of carbonyl (C=O) groups is 3. The molecule has 0 radical (unpaired) electrons. The average molecular weight is 454 g/mol. The van der Waals surface area contributed by atoms with Crippen molar-refractivity contribution in [1.29, 1.82) is 0 Å². The largest absolute Gasteiger partial charge is 0.339 e. The van der Waals surface area contributed by atoms with Crippen molar-refractivity contribution in [2.75, 3.05) is 23.3 Å². The lowest BCUT2D eigenvalue weighted by Crippen LogP contribution is -2.38. The molecule has 9 heteroatoms. The summed E-state index contributed by atoms with van der Waals surface area (Å²) in [5.74, 6) is -0.415. The fraction of sp³-hybridized carbons (Fsp3) is 0.522. The number of nitrogens with one attached hydrogen (secondary N) is 1. The Morgan fingerprint density at radius 3 is 2.53 bits per heavy atom. The van der Waals surface area contributed by atoms with E-state index >= 15 is 0 Å². The maximum atomic E-state index is 12.8. The van der Waals surface area contributed by atoms with Gasteiger partial charge < -0.3 is 15.1 Å². The van der Waals surface area contributed by atoms with Gasteiger partial charge >= 0.3 is 0 Å². The monoisotopic (exact) mass is 453 g/mol. The van der Waals surface area contributed by atoms with Crippen molar-refractivity contribution in [3.05, 3.63) is 35.3 Å². The highest BCUT2D eigenvalue weighted by Crippen LogP contribution is 2.35. The minimum Gasteiger partial charge on any atom is -0.339 e. The van der Waals surface area contributed by atoms with Crippen LogP contribution in [0.25, 0.3) is 0 Å². The third-order valence-electron chi connectivity index (χ3n) is 6.76. The van der Waals surface area contributed by atoms with Crippen LogP contribution in [0.5, 0.6) is 0 Å². The molecule has 32 heavy (non-hydrogen) atoms. The summed E-state index contributed by atoms with van der Waals surface area (Å²) in [7, 11) is 0. The van der Waals surface area contributed by atoms with Gasteiger partial charge in [-0.1, -0.05) is 48.8 Å². The van der Waals surface area contributed by atoms with E-state index in [1.54, 1.807) is 4.90 Å². The van der Waals surface area contributed by atoms with Crippen LogP contribution in [0.15, 0.2) is 30.3 Å². The number of hydrogen-bond acceptors (Lipinski definition) is 6. The third kappa shape index (κ3) is 4.26. The molecule has 2 aliphatic heterocycles. The van der Waals surface area contributed by atoms with E-state index in [0.29, 0.717) is 24.6 Å². The van der Waals surface area contributed by atoms with E-state index in [9.17, 15) is 14.4 Å². The lowest BCUT2D eigenvalue weighted by atomic mass is 9.94. The van der Waals surface area contributed by atoms with Crippen LogP contribution >= 0.6 is 11.3 Å². The molecule has 2 aromatic rings. The smallest absolute Gasteiger partial charge is 0.231 e. The Morgan fingerprint density at radius 1 is 0.969 bits per heavy atom. The number of amides is 3. The summed E-state index contributed by atoms with van der Waals surface area (Å²) in [6, 6.07) is 9.88. The number of para-hydroxylation sites is 1. The van der Waals surface area contributed by atoms with Crippen molar-refractivity contribution in [1.82, 2.24) is 15.1 Å². The van der Waals surface area contributed by atoms with Gasteiger partial charge in [-0.3, -0.25) is 14.4 Å². The Balaban J connectivity index is 1.19. The molecule has 1 N–H and O–H groups in total. The molecule has 1 aliphatic carbocycles. The zero-order chi connectivity index (χ0) is 22.1. The van der Waals surface area contributed by atoms with Crippen molar-refractivity contribution in [3.8, 4) is 0 Å². The van der Waals surface area contributed by atoms with E-state index in [1.807, 2.05) is 35.2 Å². The molecule has 3 amide bonds. The molecular formula is C23H27N5O3S. The van der Waals surface area contributed by atoms with Gasteiger partial charge in [0, 0.05) is 43.6 Å². The number of nitrogens with zero attached hydrogens (tertiary/aromatic N) is 4. The molecule has 3 aliphatic rings. The molecule has 2 atom stereocenters. The third-order valence-corrected chi connectivity index (χ3v) is 7.76. The van der Waals surface area contributed by atoms with Gasteiger partial charge in [-0.15, -0.1) is 10.2 Å². The first-order chi connectivity index (χ1) is 15.6. The summed E-state index contributed by atoms with van der Waals surface area (Å²) in [5.41, 5.74) is 0.881. The molecule has 2 unspecified atom stereocenters. The Morgan fingerprint density at radius 2 is 1.75 bits per heavy atom. The first kappa shape index (κ1) is 21.1. The summed E-state index contributed by atoms with van der Waals surface area (Å²) < 4.78 is 0. The fourth-order valence-electron chi connectivity index (χ4n) is 5.04. The van der Waals surface area contributed by atoms with Crippen LogP contribution in [0.3, 0.4) is 0 Å². The number of aromatic nitrogens is 2. The van der Waals surface area contributed by atoms with Gasteiger partial charge in [-0.2, -0.15) is 0 Å². The summed E-state index contributed by atoms with van der Waals surface area (Å²) >= 11 is 1.31. The first-order valence-corrected chi connectivity index (χ1v) is 12.2. The molecule has 3 fully saturated rings. The number of rotatable bonds is 5. The minimum atomic E-state index is -0.349. The van der Waals surface area contributed by atoms with Gasteiger partial charge in [0.2, 0.25) is 22.9 Å². The van der Waals surface area contributed by atoms with Crippen molar-refractivity contribution in [3.63, 3.8) is 0 Å². The predicted octanol–water partition coefficient (Wildman–Crippen LogP) is 3.18. The minimum absolute atomic E-state index is 0.0410. The highest BCUT2D eigenvalue weighted by Gasteiger charge is 2.39. The topological polar surface area (TPSA) is 95.5 Å². The van der Waals surface area contributed by atoms with E-state index < -0.39 is 0 Å². The van der Waals surface area contributed by atoms with Crippen LogP contribution < -0.4 is 10.2 Å². The Hall–Kier alpha value is -2.81. The van der Waals surface area contributed by atoms with Crippen LogP contribution in [0.2, 0.25) is 0 Å². The SMILES string of the molecule is O=C(Nc1nnc(C2CC(=O)N(c3ccccc3)C2)s1)C1CC(=O)N(C2CCCCC2)C1. The van der Waals surface area contributed by atoms with E-state index in [1.165, 1.54) is 17.8 Å². The zero-order valence-corrected chi connectivity index (χ0v) is 18.7. The lowest BCUT2D eigenvalue weighted by molar-refractivity contribution is -0.130. The number of likely N-dealkylation sites (tertiary alicyclic amines) is 1. The molecule has 1 aromatic carbocycles. The van der Waals surface area contributed by atoms with E-state index in [0.717, 1.165) is 36.4 Å². The second kappa shape index (κ2) is 8.97. The first-order valence-electron chi connectivity index (χ1n) is 11.4. The standard InChI is InChI=1S/C23H27N5O3S/c29-19-11-15(13-27(19)17-7-3-1-4-8-17)21(31)24-23-26-25-22(32-23)16-12-20(30)28(14-16)18-9-5-2-6-10-18/h2,5-6,9-10,15-17H,1,3-4,7-8,11-14H2,(H,24,26,31). The van der Waals surface area contributed by atoms with Crippen LogP contribution in [-0.2, 0) is 14.4 Å². The highest BCUT2D eigenvalue weighted by atomic mass is 32.1. The second-order valence-corrected chi connectivity index (χ2v) is 9.92. The van der Waals surface area contributed by atoms with Gasteiger partial charge in [0.15, 0.2) is 0 Å². The highest BCUT2D eigenvalue weighted by molar-refractivity contribution is 7.15. The maximum absolute atomic E-state index is 12.8. The van der Waals surface area contributed by atoms with Crippen molar-refractivity contribution in [2.24, 2.45) is 5.92 Å². The predicted molar refractivity (Wildman–Crippen MR) is 121 cm³/mol. The van der Waals surface area contributed by atoms with Crippen LogP contribution in [0.4, 0.5) is 10.8 Å². The van der Waals surface area contributed by atoms with Crippen molar-refractivity contribution >= 4 is 39.9 Å². The molecule has 1 aromatic heterocycles. The van der Waals surface area contributed by atoms with E-state index in [-0.39, 0.29) is 42.0 Å². The number of carbonyl (C=O) groups excluding carboxylic acids is 3. The molecule has 168 valence electrons. The van der Waals surface area contributed by atoms with E-state index in [4.69, 9.17) is 0 Å². The average Bonchev–Trinajstić information content (AvgIpc) is 3.53. The lowest BCUT2D eigenvalue weighted by Gasteiger charge is -2.31. The summed E-state index contributed by atoms with van der Waals surface area (Å²) in [6.07, 6.45) is 6.27. The molecule has 8 nitrogen and oxygen atoms in total. The summed E-state index contributed by atoms with van der Waals surface area (Å²) in [4.78, 5) is 41.4. The van der Waals surface area contributed by atoms with Gasteiger partial charge in [0.05, 0.1) is 5.92 Å². The Kier molecular flexibility index (Phi) is 5.91. The van der Waals surface area contributed by atoms with Gasteiger partial charge in [0.25, 0.3) is 0 Å². The van der Waals surface area contributed by atoms with Gasteiger partial charge in [-0.05, 0) is 25.0 Å². The van der Waals surface area contributed by atoms with Crippen LogP contribution in [0, 0.1) is 5.92 Å². The summed E-state index contributed by atoms with van der Waals surface area (Å²) in [5, 5.41) is 12.4. The van der Waals surface area contributed by atoms with Crippen molar-refractivity contribution < 1.29 is 14.4 Å². The molecular weight excluding hydrogens is 426 g/mol. The molecule has 0 spiro atoms. The van der Waals surface area contributed by atoms with Crippen LogP contribution in [-0.4, -0.2) is 52.0 Å². The Bertz CT molecular complexity index is 1000. The molecule has 5 rings (SSSR count). The molecule has 1 saturated carbocycles. The number of hydrogen-bond donors (Lipinski definition) is 1. The zero-order valence-electron chi connectivity index (χ0n) is 17.9.